The molecule has 0 fully saturated rings. The van der Waals surface area contributed by atoms with E-state index in [9.17, 15) is 0 Å². The van der Waals surface area contributed by atoms with E-state index in [1.165, 1.54) is 15.4 Å². The summed E-state index contributed by atoms with van der Waals surface area (Å²) in [6.45, 7) is 4.32. The van der Waals surface area contributed by atoms with E-state index in [1.54, 1.807) is 11.3 Å². The van der Waals surface area contributed by atoms with Crippen molar-refractivity contribution in [3.8, 4) is 5.75 Å². The molecule has 0 saturated heterocycles. The summed E-state index contributed by atoms with van der Waals surface area (Å²) in [5.41, 5.74) is 1.24. The summed E-state index contributed by atoms with van der Waals surface area (Å²) in [6.07, 6.45) is 9.99. The normalized spacial score (nSPS) is 25.6. The Bertz CT molecular complexity index is 473. The van der Waals surface area contributed by atoms with Gasteiger partial charge in [-0.2, -0.15) is 0 Å². The predicted molar refractivity (Wildman–Crippen MR) is 69.9 cm³/mol. The minimum atomic E-state index is 0.157. The van der Waals surface area contributed by atoms with Gasteiger partial charge in [-0.05, 0) is 12.0 Å². The molecule has 1 aromatic rings. The van der Waals surface area contributed by atoms with Crippen LogP contribution in [0, 0.1) is 5.92 Å². The minimum absolute atomic E-state index is 0.157. The van der Waals surface area contributed by atoms with Crippen molar-refractivity contribution in [3.63, 3.8) is 0 Å². The molecule has 0 spiro atoms. The average molecular weight is 233 g/mol. The second-order valence-corrected chi connectivity index (χ2v) is 5.33. The maximum atomic E-state index is 5.90. The van der Waals surface area contributed by atoms with Crippen LogP contribution in [0.3, 0.4) is 0 Å². The lowest BCUT2D eigenvalue weighted by molar-refractivity contribution is 0.248. The van der Waals surface area contributed by atoms with Crippen molar-refractivity contribution in [2.24, 2.45) is 5.92 Å². The van der Waals surface area contributed by atoms with Gasteiger partial charge in [0.05, 0.1) is 0 Å². The van der Waals surface area contributed by atoms with Gasteiger partial charge in [0, 0.05) is 16.9 Å². The highest BCUT2D eigenvalue weighted by atomic mass is 32.1. The molecule has 0 aromatic carbocycles. The summed E-state index contributed by atoms with van der Waals surface area (Å²) in [5, 5.41) is 4.58. The molecule has 1 N–H and O–H groups in total. The van der Waals surface area contributed by atoms with Gasteiger partial charge in [-0.1, -0.05) is 32.1 Å². The molecule has 3 rings (SSSR count). The van der Waals surface area contributed by atoms with Gasteiger partial charge in [-0.3, -0.25) is 0 Å². The first-order valence-corrected chi connectivity index (χ1v) is 6.56. The number of allylic oxidation sites excluding steroid dienone is 2. The van der Waals surface area contributed by atoms with Gasteiger partial charge < -0.3 is 10.1 Å². The maximum Gasteiger partial charge on any atom is 0.170 e. The summed E-state index contributed by atoms with van der Waals surface area (Å²) < 4.78 is 5.90. The molecule has 84 valence electrons. The molecule has 2 nitrogen and oxygen atoms in total. The van der Waals surface area contributed by atoms with E-state index in [4.69, 9.17) is 4.74 Å². The number of hydrogen-bond acceptors (Lipinski definition) is 3. The van der Waals surface area contributed by atoms with Crippen molar-refractivity contribution in [1.29, 1.82) is 0 Å². The van der Waals surface area contributed by atoms with Crippen molar-refractivity contribution >= 4 is 28.5 Å². The number of nitrogens with one attached hydrogen (secondary N) is 1. The number of ether oxygens (including phenoxy) is 1. The van der Waals surface area contributed by atoms with Gasteiger partial charge in [-0.25, -0.2) is 0 Å². The standard InChI is InChI=1S/C13H15NOS/c1-3-11-14-13-12(15-11)9-6-4-8(2)5-7-10(9)16-13/h4-8,11,14H,3H2,1-2H3. The lowest BCUT2D eigenvalue weighted by atomic mass is 10.1. The smallest absolute Gasteiger partial charge is 0.170 e. The third kappa shape index (κ3) is 1.47. The first-order valence-electron chi connectivity index (χ1n) is 5.74. The molecule has 2 atom stereocenters. The Labute approximate surface area is 99.6 Å². The number of rotatable bonds is 1. The van der Waals surface area contributed by atoms with Gasteiger partial charge in [-0.15, -0.1) is 11.3 Å². The fraction of sp³-hybridized carbons (Fsp3) is 0.385. The van der Waals surface area contributed by atoms with Crippen molar-refractivity contribution in [3.05, 3.63) is 22.6 Å². The third-order valence-electron chi connectivity index (χ3n) is 2.97. The van der Waals surface area contributed by atoms with E-state index in [0.29, 0.717) is 5.92 Å². The van der Waals surface area contributed by atoms with Crippen LogP contribution < -0.4 is 10.1 Å². The van der Waals surface area contributed by atoms with Gasteiger partial charge >= 0.3 is 0 Å². The molecular weight excluding hydrogens is 218 g/mol. The quantitative estimate of drug-likeness (QED) is 0.792. The Morgan fingerprint density at radius 3 is 3.00 bits per heavy atom. The Morgan fingerprint density at radius 1 is 1.38 bits per heavy atom. The fourth-order valence-corrected chi connectivity index (χ4v) is 3.07. The van der Waals surface area contributed by atoms with E-state index in [2.05, 4.69) is 43.5 Å². The second kappa shape index (κ2) is 3.67. The maximum absolute atomic E-state index is 5.90. The molecule has 1 aliphatic heterocycles. The number of hydrogen-bond donors (Lipinski definition) is 1. The third-order valence-corrected chi connectivity index (χ3v) is 4.05. The van der Waals surface area contributed by atoms with Crippen LogP contribution in [0.15, 0.2) is 12.2 Å². The van der Waals surface area contributed by atoms with Crippen LogP contribution in [0.1, 0.15) is 30.7 Å². The van der Waals surface area contributed by atoms with E-state index < -0.39 is 0 Å². The molecule has 16 heavy (non-hydrogen) atoms. The van der Waals surface area contributed by atoms with E-state index in [-0.39, 0.29) is 6.23 Å². The van der Waals surface area contributed by atoms with Crippen molar-refractivity contribution in [1.82, 2.24) is 0 Å². The van der Waals surface area contributed by atoms with E-state index in [0.717, 1.165) is 12.2 Å². The van der Waals surface area contributed by atoms with Crippen molar-refractivity contribution in [2.75, 3.05) is 5.32 Å². The van der Waals surface area contributed by atoms with Crippen LogP contribution in [0.2, 0.25) is 0 Å². The summed E-state index contributed by atoms with van der Waals surface area (Å²) in [5.74, 6) is 1.55. The van der Waals surface area contributed by atoms with E-state index in [1.807, 2.05) is 0 Å². The van der Waals surface area contributed by atoms with Crippen LogP contribution >= 0.6 is 11.3 Å². The topological polar surface area (TPSA) is 21.3 Å². The van der Waals surface area contributed by atoms with Crippen LogP contribution in [-0.2, 0) is 0 Å². The highest BCUT2D eigenvalue weighted by molar-refractivity contribution is 7.17. The van der Waals surface area contributed by atoms with Crippen molar-refractivity contribution in [2.45, 2.75) is 26.5 Å². The fourth-order valence-electron chi connectivity index (χ4n) is 1.99. The van der Waals surface area contributed by atoms with Gasteiger partial charge in [0.1, 0.15) is 5.00 Å². The van der Waals surface area contributed by atoms with Crippen molar-refractivity contribution < 1.29 is 4.74 Å². The van der Waals surface area contributed by atoms with E-state index >= 15 is 0 Å². The lowest BCUT2D eigenvalue weighted by Crippen LogP contribution is -2.18. The zero-order valence-corrected chi connectivity index (χ0v) is 10.3. The Kier molecular flexibility index (Phi) is 2.28. The summed E-state index contributed by atoms with van der Waals surface area (Å²) in [6, 6.07) is 0. The number of fused-ring (bicyclic) bond motifs is 3. The van der Waals surface area contributed by atoms with Gasteiger partial charge in [0.15, 0.2) is 12.0 Å². The lowest BCUT2D eigenvalue weighted by Gasteiger charge is -2.08. The minimum Gasteiger partial charge on any atom is -0.467 e. The van der Waals surface area contributed by atoms with Crippen LogP contribution in [0.4, 0.5) is 5.00 Å². The zero-order valence-electron chi connectivity index (χ0n) is 9.49. The Morgan fingerprint density at radius 2 is 2.19 bits per heavy atom. The number of thiophene rings is 1. The molecule has 0 bridgehead atoms. The molecule has 1 aromatic heterocycles. The molecule has 2 heterocycles. The summed E-state index contributed by atoms with van der Waals surface area (Å²) in [4.78, 5) is 1.30. The SMILES string of the molecule is CCC1Nc2sc3c(c2O1)C=CC(C)C=C3. The first kappa shape index (κ1) is 9.97. The molecule has 2 aliphatic rings. The molecule has 0 amide bonds. The predicted octanol–water partition coefficient (Wildman–Crippen LogP) is 3.96. The van der Waals surface area contributed by atoms with Gasteiger partial charge in [0.25, 0.3) is 0 Å². The second-order valence-electron chi connectivity index (χ2n) is 4.27. The largest absolute Gasteiger partial charge is 0.467 e. The highest BCUT2D eigenvalue weighted by Gasteiger charge is 2.27. The highest BCUT2D eigenvalue weighted by Crippen LogP contribution is 2.47. The van der Waals surface area contributed by atoms with Crippen LogP contribution in [0.25, 0.3) is 12.2 Å². The average Bonchev–Trinajstić information content (AvgIpc) is 2.75. The first-order chi connectivity index (χ1) is 7.78. The molecule has 3 heteroatoms. The summed E-state index contributed by atoms with van der Waals surface area (Å²) >= 11 is 1.78. The zero-order chi connectivity index (χ0) is 11.1. The number of anilines is 1. The Balaban J connectivity index is 2.03. The molecule has 0 radical (unpaired) electrons. The molecule has 0 saturated carbocycles. The monoisotopic (exact) mass is 233 g/mol. The molecular formula is C13H15NOS. The van der Waals surface area contributed by atoms with Crippen LogP contribution in [-0.4, -0.2) is 6.23 Å². The van der Waals surface area contributed by atoms with Gasteiger partial charge in [0.2, 0.25) is 0 Å². The molecule has 1 aliphatic carbocycles. The Hall–Kier alpha value is -1.22. The molecule has 2 unspecified atom stereocenters. The van der Waals surface area contributed by atoms with Crippen LogP contribution in [0.5, 0.6) is 5.75 Å². The summed E-state index contributed by atoms with van der Waals surface area (Å²) in [7, 11) is 0.